The standard InChI is InChI=1S/C14H11BrN2O3/c1-19-10-6-9(16)13-11(12(10)18)17-14(20-13)7-3-2-4-8(15)5-7/h2-6,18H,16H2,1H3. The first kappa shape index (κ1) is 12.8. The molecule has 0 unspecified atom stereocenters. The van der Waals surface area contributed by atoms with Gasteiger partial charge in [-0.15, -0.1) is 0 Å². The van der Waals surface area contributed by atoms with Gasteiger partial charge in [-0.2, -0.15) is 0 Å². The maximum atomic E-state index is 10.1. The molecule has 0 saturated heterocycles. The average Bonchev–Trinajstić information content (AvgIpc) is 2.89. The Bertz CT molecular complexity index is 798. The maximum Gasteiger partial charge on any atom is 0.227 e. The Morgan fingerprint density at radius 1 is 1.35 bits per heavy atom. The summed E-state index contributed by atoms with van der Waals surface area (Å²) in [6.07, 6.45) is 0. The van der Waals surface area contributed by atoms with Crippen LogP contribution in [0.15, 0.2) is 39.2 Å². The lowest BCUT2D eigenvalue weighted by atomic mass is 10.2. The molecule has 0 aliphatic rings. The summed E-state index contributed by atoms with van der Waals surface area (Å²) in [6, 6.07) is 9.02. The van der Waals surface area contributed by atoms with Gasteiger partial charge in [-0.25, -0.2) is 4.98 Å². The van der Waals surface area contributed by atoms with Crippen LogP contribution in [0.1, 0.15) is 0 Å². The third-order valence-corrected chi connectivity index (χ3v) is 3.42. The van der Waals surface area contributed by atoms with Gasteiger partial charge in [0.15, 0.2) is 22.6 Å². The molecule has 5 nitrogen and oxygen atoms in total. The Morgan fingerprint density at radius 3 is 2.85 bits per heavy atom. The van der Waals surface area contributed by atoms with Crippen molar-refractivity contribution in [2.45, 2.75) is 0 Å². The number of aromatic nitrogens is 1. The molecule has 3 rings (SSSR count). The van der Waals surface area contributed by atoms with Crippen molar-refractivity contribution in [1.82, 2.24) is 4.98 Å². The van der Waals surface area contributed by atoms with Crippen LogP contribution in [0.2, 0.25) is 0 Å². The van der Waals surface area contributed by atoms with Crippen LogP contribution in [0.3, 0.4) is 0 Å². The van der Waals surface area contributed by atoms with Gasteiger partial charge in [-0.3, -0.25) is 0 Å². The summed E-state index contributed by atoms with van der Waals surface area (Å²) in [5, 5.41) is 10.1. The van der Waals surface area contributed by atoms with E-state index in [4.69, 9.17) is 14.9 Å². The van der Waals surface area contributed by atoms with Crippen LogP contribution >= 0.6 is 15.9 Å². The van der Waals surface area contributed by atoms with Crippen molar-refractivity contribution < 1.29 is 14.3 Å². The molecule has 20 heavy (non-hydrogen) atoms. The second kappa shape index (κ2) is 4.72. The molecule has 2 aromatic carbocycles. The van der Waals surface area contributed by atoms with E-state index in [-0.39, 0.29) is 17.0 Å². The molecule has 6 heteroatoms. The van der Waals surface area contributed by atoms with Crippen LogP contribution in [-0.2, 0) is 0 Å². The van der Waals surface area contributed by atoms with Crippen molar-refractivity contribution in [2.75, 3.05) is 12.8 Å². The fourth-order valence-electron chi connectivity index (χ4n) is 1.97. The van der Waals surface area contributed by atoms with Crippen molar-refractivity contribution >= 4 is 32.7 Å². The van der Waals surface area contributed by atoms with Gasteiger partial charge in [0.1, 0.15) is 0 Å². The van der Waals surface area contributed by atoms with Crippen molar-refractivity contribution in [1.29, 1.82) is 0 Å². The number of oxazole rings is 1. The first-order valence-electron chi connectivity index (χ1n) is 5.82. The molecule has 0 saturated carbocycles. The third kappa shape index (κ3) is 1.98. The predicted molar refractivity (Wildman–Crippen MR) is 79.8 cm³/mol. The molecule has 0 amide bonds. The molecular formula is C14H11BrN2O3. The Balaban J connectivity index is 2.25. The second-order valence-corrected chi connectivity index (χ2v) is 5.14. The Kier molecular flexibility index (Phi) is 3.02. The Hall–Kier alpha value is -2.21. The summed E-state index contributed by atoms with van der Waals surface area (Å²) in [4.78, 5) is 4.30. The minimum Gasteiger partial charge on any atom is -0.503 e. The molecule has 102 valence electrons. The smallest absolute Gasteiger partial charge is 0.227 e. The van der Waals surface area contributed by atoms with E-state index in [1.165, 1.54) is 13.2 Å². The van der Waals surface area contributed by atoms with E-state index >= 15 is 0 Å². The number of phenolic OH excluding ortho intramolecular Hbond substituents is 1. The Morgan fingerprint density at radius 2 is 2.15 bits per heavy atom. The van der Waals surface area contributed by atoms with Gasteiger partial charge < -0.3 is 20.0 Å². The highest BCUT2D eigenvalue weighted by Gasteiger charge is 2.18. The van der Waals surface area contributed by atoms with Crippen LogP contribution in [0.25, 0.3) is 22.6 Å². The van der Waals surface area contributed by atoms with Crippen LogP contribution in [-0.4, -0.2) is 17.2 Å². The summed E-state index contributed by atoms with van der Waals surface area (Å²) in [5.41, 5.74) is 7.67. The van der Waals surface area contributed by atoms with Crippen molar-refractivity contribution in [3.8, 4) is 23.0 Å². The van der Waals surface area contributed by atoms with Crippen molar-refractivity contribution in [3.63, 3.8) is 0 Å². The second-order valence-electron chi connectivity index (χ2n) is 4.22. The van der Waals surface area contributed by atoms with Gasteiger partial charge in [0.2, 0.25) is 5.89 Å². The highest BCUT2D eigenvalue weighted by molar-refractivity contribution is 9.10. The van der Waals surface area contributed by atoms with Crippen LogP contribution in [0.5, 0.6) is 11.5 Å². The fraction of sp³-hybridized carbons (Fsp3) is 0.0714. The topological polar surface area (TPSA) is 81.5 Å². The molecule has 0 aliphatic heterocycles. The van der Waals surface area contributed by atoms with Crippen LogP contribution < -0.4 is 10.5 Å². The zero-order valence-corrected chi connectivity index (χ0v) is 12.1. The number of nitrogens with two attached hydrogens (primary N) is 1. The van der Waals surface area contributed by atoms with Gasteiger partial charge in [0.05, 0.1) is 12.8 Å². The molecule has 0 spiro atoms. The van der Waals surface area contributed by atoms with E-state index in [1.54, 1.807) is 0 Å². The number of ether oxygens (including phenoxy) is 1. The highest BCUT2D eigenvalue weighted by atomic mass is 79.9. The number of benzene rings is 2. The minimum absolute atomic E-state index is 0.0818. The summed E-state index contributed by atoms with van der Waals surface area (Å²) >= 11 is 3.39. The average molecular weight is 335 g/mol. The van der Waals surface area contributed by atoms with Gasteiger partial charge in [-0.1, -0.05) is 22.0 Å². The third-order valence-electron chi connectivity index (χ3n) is 2.93. The maximum absolute atomic E-state index is 10.1. The number of fused-ring (bicyclic) bond motifs is 1. The van der Waals surface area contributed by atoms with Gasteiger partial charge in [-0.05, 0) is 18.2 Å². The van der Waals surface area contributed by atoms with E-state index in [2.05, 4.69) is 20.9 Å². The molecule has 0 radical (unpaired) electrons. The summed E-state index contributed by atoms with van der Waals surface area (Å²) in [7, 11) is 1.45. The number of nitrogens with zero attached hydrogens (tertiary/aromatic N) is 1. The molecule has 1 heterocycles. The van der Waals surface area contributed by atoms with Gasteiger partial charge >= 0.3 is 0 Å². The lowest BCUT2D eigenvalue weighted by Crippen LogP contribution is -1.90. The fourth-order valence-corrected chi connectivity index (χ4v) is 2.37. The number of anilines is 1. The summed E-state index contributed by atoms with van der Waals surface area (Å²) in [5.74, 6) is 0.572. The monoisotopic (exact) mass is 334 g/mol. The number of rotatable bonds is 2. The van der Waals surface area contributed by atoms with Crippen LogP contribution in [0.4, 0.5) is 5.69 Å². The molecule has 3 aromatic rings. The number of aromatic hydroxyl groups is 1. The number of halogens is 1. The molecule has 1 aromatic heterocycles. The zero-order chi connectivity index (χ0) is 14.3. The van der Waals surface area contributed by atoms with E-state index in [0.717, 1.165) is 10.0 Å². The summed E-state index contributed by atoms with van der Waals surface area (Å²) in [6.45, 7) is 0. The quantitative estimate of drug-likeness (QED) is 0.553. The molecule has 0 aliphatic carbocycles. The molecule has 0 atom stereocenters. The number of nitrogen functional groups attached to an aromatic ring is 1. The molecule has 0 bridgehead atoms. The van der Waals surface area contributed by atoms with Crippen LogP contribution in [0, 0.1) is 0 Å². The molecular weight excluding hydrogens is 324 g/mol. The number of hydrogen-bond donors (Lipinski definition) is 2. The number of hydrogen-bond acceptors (Lipinski definition) is 5. The first-order chi connectivity index (χ1) is 9.60. The van der Waals surface area contributed by atoms with Gasteiger partial charge in [0.25, 0.3) is 0 Å². The van der Waals surface area contributed by atoms with Gasteiger partial charge in [0, 0.05) is 16.1 Å². The SMILES string of the molecule is COc1cc(N)c2oc(-c3cccc(Br)c3)nc2c1O. The van der Waals surface area contributed by atoms with E-state index in [9.17, 15) is 5.11 Å². The number of methoxy groups -OCH3 is 1. The van der Waals surface area contributed by atoms with E-state index < -0.39 is 0 Å². The summed E-state index contributed by atoms with van der Waals surface area (Å²) < 4.78 is 11.6. The van der Waals surface area contributed by atoms with E-state index in [0.29, 0.717) is 17.2 Å². The van der Waals surface area contributed by atoms with Crippen molar-refractivity contribution in [2.24, 2.45) is 0 Å². The largest absolute Gasteiger partial charge is 0.503 e. The number of phenols is 1. The lowest BCUT2D eigenvalue weighted by molar-refractivity contribution is 0.376. The molecule has 0 fully saturated rings. The first-order valence-corrected chi connectivity index (χ1v) is 6.61. The van der Waals surface area contributed by atoms with Crippen molar-refractivity contribution in [3.05, 3.63) is 34.8 Å². The van der Waals surface area contributed by atoms with E-state index in [1.807, 2.05) is 24.3 Å². The predicted octanol–water partition coefficient (Wildman–Crippen LogP) is 3.55. The Labute approximate surface area is 123 Å². The molecule has 3 N–H and O–H groups in total. The minimum atomic E-state index is -0.0818. The highest BCUT2D eigenvalue weighted by Crippen LogP contribution is 2.40. The normalized spacial score (nSPS) is 10.9. The lowest BCUT2D eigenvalue weighted by Gasteiger charge is -2.03. The zero-order valence-electron chi connectivity index (χ0n) is 10.6.